The van der Waals surface area contributed by atoms with E-state index in [2.05, 4.69) is 169 Å². The molecule has 0 saturated carbocycles. The van der Waals surface area contributed by atoms with E-state index in [4.69, 9.17) is 13.8 Å². The Hall–Kier alpha value is -7.95. The van der Waals surface area contributed by atoms with Crippen LogP contribution in [0.5, 0.6) is 0 Å². The molecule has 0 bridgehead atoms. The van der Waals surface area contributed by atoms with E-state index in [1.165, 1.54) is 32.7 Å². The molecule has 0 unspecified atom stereocenters. The van der Waals surface area contributed by atoms with Crippen molar-refractivity contribution in [1.29, 1.82) is 0 Å². The summed E-state index contributed by atoms with van der Waals surface area (Å²) in [5.41, 5.74) is 11.7. The third-order valence-corrected chi connectivity index (χ3v) is 11.3. The SMILES string of the molecule is C=c1cccc/c1=C(/c1coc2cc(-c3nc4ccccc4o3)ccc12)N(c1ccc(-c2ccccc2)cc1)c1ccc(-c2cc3ccccc3c3ccccc23)cc1. The van der Waals surface area contributed by atoms with Crippen molar-refractivity contribution < 1.29 is 8.83 Å². The molecule has 0 N–H and O–H groups in total. The number of para-hydroxylation sites is 2. The van der Waals surface area contributed by atoms with Crippen LogP contribution in [0.4, 0.5) is 11.4 Å². The summed E-state index contributed by atoms with van der Waals surface area (Å²) in [7, 11) is 0. The molecule has 0 atom stereocenters. The zero-order chi connectivity index (χ0) is 39.3. The molecule has 0 aliphatic rings. The molecule has 0 saturated heterocycles. The molecule has 11 aromatic rings. The number of rotatable bonds is 7. The maximum absolute atomic E-state index is 6.44. The minimum Gasteiger partial charge on any atom is -0.464 e. The van der Waals surface area contributed by atoms with Crippen LogP contribution in [0.25, 0.3) is 89.6 Å². The van der Waals surface area contributed by atoms with Crippen molar-refractivity contribution in [3.05, 3.63) is 222 Å². The van der Waals surface area contributed by atoms with Gasteiger partial charge >= 0.3 is 0 Å². The van der Waals surface area contributed by atoms with Crippen LogP contribution in [0.3, 0.4) is 0 Å². The number of hydrogen-bond acceptors (Lipinski definition) is 4. The molecule has 2 heterocycles. The van der Waals surface area contributed by atoms with Gasteiger partial charge in [0, 0.05) is 33.1 Å². The van der Waals surface area contributed by atoms with Crippen LogP contribution in [0.1, 0.15) is 5.56 Å². The highest BCUT2D eigenvalue weighted by Gasteiger charge is 2.23. The number of oxazole rings is 1. The summed E-state index contributed by atoms with van der Waals surface area (Å²) >= 11 is 0. The molecule has 59 heavy (non-hydrogen) atoms. The highest BCUT2D eigenvalue weighted by molar-refractivity contribution is 6.14. The number of anilines is 2. The van der Waals surface area contributed by atoms with E-state index in [-0.39, 0.29) is 0 Å². The van der Waals surface area contributed by atoms with E-state index in [0.717, 1.165) is 71.8 Å². The molecule has 0 radical (unpaired) electrons. The Labute approximate surface area is 340 Å². The van der Waals surface area contributed by atoms with E-state index in [9.17, 15) is 0 Å². The smallest absolute Gasteiger partial charge is 0.227 e. The molecular formula is C55H36N2O2. The van der Waals surface area contributed by atoms with Gasteiger partial charge in [-0.15, -0.1) is 0 Å². The van der Waals surface area contributed by atoms with Gasteiger partial charge in [-0.2, -0.15) is 0 Å². The number of nitrogens with zero attached hydrogens (tertiary/aromatic N) is 2. The van der Waals surface area contributed by atoms with E-state index >= 15 is 0 Å². The fourth-order valence-corrected chi connectivity index (χ4v) is 8.40. The van der Waals surface area contributed by atoms with Gasteiger partial charge in [0.1, 0.15) is 17.4 Å². The summed E-state index contributed by atoms with van der Waals surface area (Å²) in [6, 6.07) is 70.2. The molecule has 278 valence electrons. The molecule has 0 fully saturated rings. The Bertz CT molecular complexity index is 3420. The highest BCUT2D eigenvalue weighted by atomic mass is 16.3. The summed E-state index contributed by atoms with van der Waals surface area (Å²) in [6.45, 7) is 4.54. The second-order valence-electron chi connectivity index (χ2n) is 14.8. The van der Waals surface area contributed by atoms with Crippen LogP contribution in [-0.4, -0.2) is 4.98 Å². The topological polar surface area (TPSA) is 42.4 Å². The minimum atomic E-state index is 0.553. The third-order valence-electron chi connectivity index (χ3n) is 11.3. The van der Waals surface area contributed by atoms with Gasteiger partial charge in [-0.1, -0.05) is 146 Å². The minimum absolute atomic E-state index is 0.553. The third kappa shape index (κ3) is 6.06. The molecule has 0 aliphatic carbocycles. The van der Waals surface area contributed by atoms with Crippen LogP contribution in [0.15, 0.2) is 215 Å². The zero-order valence-electron chi connectivity index (χ0n) is 32.0. The largest absolute Gasteiger partial charge is 0.464 e. The van der Waals surface area contributed by atoms with Crippen LogP contribution in [0, 0.1) is 0 Å². The van der Waals surface area contributed by atoms with E-state index in [1.54, 1.807) is 0 Å². The lowest BCUT2D eigenvalue weighted by Crippen LogP contribution is -2.32. The van der Waals surface area contributed by atoms with E-state index in [0.29, 0.717) is 5.89 Å². The lowest BCUT2D eigenvalue weighted by Gasteiger charge is -2.28. The lowest BCUT2D eigenvalue weighted by atomic mass is 9.93. The van der Waals surface area contributed by atoms with Crippen molar-refractivity contribution in [1.82, 2.24) is 4.98 Å². The maximum atomic E-state index is 6.44. The Morgan fingerprint density at radius 3 is 1.88 bits per heavy atom. The number of aromatic nitrogens is 1. The first-order chi connectivity index (χ1) is 29.2. The number of fused-ring (bicyclic) bond motifs is 5. The fourth-order valence-electron chi connectivity index (χ4n) is 8.40. The molecule has 4 heteroatoms. The fraction of sp³-hybridized carbons (Fsp3) is 0. The summed E-state index contributed by atoms with van der Waals surface area (Å²) in [4.78, 5) is 7.09. The van der Waals surface area contributed by atoms with Crippen molar-refractivity contribution in [2.75, 3.05) is 4.90 Å². The van der Waals surface area contributed by atoms with Crippen molar-refractivity contribution in [3.8, 4) is 33.7 Å². The monoisotopic (exact) mass is 756 g/mol. The van der Waals surface area contributed by atoms with Gasteiger partial charge in [0.25, 0.3) is 0 Å². The molecule has 0 spiro atoms. The first kappa shape index (κ1) is 34.3. The standard InChI is InChI=1S/C55H36N2O2/c1-36-13-5-7-17-44(36)54(50-35-58-53-34-41(27-32-48(50)53)55-56-51-21-11-12-22-52(51)59-55)57(42-28-23-38(24-29-42)37-14-3-2-4-15-37)43-30-25-39(26-31-43)49-33-40-16-6-8-18-45(40)46-19-9-10-20-47(46)49/h2-35H,1H2/b54-44+. The molecular weight excluding hydrogens is 721 g/mol. The Balaban J connectivity index is 1.10. The molecule has 0 amide bonds. The van der Waals surface area contributed by atoms with Gasteiger partial charge in [0.15, 0.2) is 5.58 Å². The number of furan rings is 1. The Morgan fingerprint density at radius 2 is 1.10 bits per heavy atom. The highest BCUT2D eigenvalue weighted by Crippen LogP contribution is 2.41. The normalized spacial score (nSPS) is 12.1. The second-order valence-corrected chi connectivity index (χ2v) is 14.8. The van der Waals surface area contributed by atoms with E-state index in [1.807, 2.05) is 48.7 Å². The predicted octanol–water partition coefficient (Wildman–Crippen LogP) is 13.3. The molecule has 4 nitrogen and oxygen atoms in total. The van der Waals surface area contributed by atoms with Crippen LogP contribution in [0.2, 0.25) is 0 Å². The second kappa shape index (κ2) is 14.2. The predicted molar refractivity (Wildman–Crippen MR) is 244 cm³/mol. The van der Waals surface area contributed by atoms with Crippen LogP contribution >= 0.6 is 0 Å². The Morgan fingerprint density at radius 1 is 0.475 bits per heavy atom. The number of benzene rings is 9. The summed E-state index contributed by atoms with van der Waals surface area (Å²) < 4.78 is 12.6. The maximum Gasteiger partial charge on any atom is 0.227 e. The lowest BCUT2D eigenvalue weighted by molar-refractivity contribution is 0.610. The van der Waals surface area contributed by atoms with Crippen molar-refractivity contribution in [2.45, 2.75) is 0 Å². The summed E-state index contributed by atoms with van der Waals surface area (Å²) in [6.07, 6.45) is 1.86. The van der Waals surface area contributed by atoms with Crippen LogP contribution < -0.4 is 15.3 Å². The van der Waals surface area contributed by atoms with Gasteiger partial charge in [0.05, 0.1) is 5.70 Å². The average Bonchev–Trinajstić information content (AvgIpc) is 3.93. The summed E-state index contributed by atoms with van der Waals surface area (Å²) in [5.74, 6) is 0.553. The number of hydrogen-bond donors (Lipinski definition) is 0. The first-order valence-electron chi connectivity index (χ1n) is 19.8. The quantitative estimate of drug-likeness (QED) is 0.152. The van der Waals surface area contributed by atoms with Crippen LogP contribution in [-0.2, 0) is 0 Å². The molecule has 9 aromatic carbocycles. The molecule has 0 aliphatic heterocycles. The van der Waals surface area contributed by atoms with E-state index < -0.39 is 0 Å². The summed E-state index contributed by atoms with van der Waals surface area (Å²) in [5, 5.41) is 7.83. The van der Waals surface area contributed by atoms with Crippen molar-refractivity contribution in [3.63, 3.8) is 0 Å². The molecule has 11 rings (SSSR count). The van der Waals surface area contributed by atoms with Crippen molar-refractivity contribution >= 4 is 67.3 Å². The zero-order valence-corrected chi connectivity index (χ0v) is 32.0. The van der Waals surface area contributed by atoms with Crippen molar-refractivity contribution in [2.24, 2.45) is 0 Å². The van der Waals surface area contributed by atoms with Gasteiger partial charge in [-0.05, 0) is 110 Å². The average molecular weight is 757 g/mol. The van der Waals surface area contributed by atoms with Gasteiger partial charge < -0.3 is 13.7 Å². The van der Waals surface area contributed by atoms with Gasteiger partial charge in [0.2, 0.25) is 5.89 Å². The van der Waals surface area contributed by atoms with Gasteiger partial charge in [-0.3, -0.25) is 0 Å². The molecule has 2 aromatic heterocycles. The first-order valence-corrected chi connectivity index (χ1v) is 19.8. The Kier molecular flexibility index (Phi) is 8.26. The van der Waals surface area contributed by atoms with Gasteiger partial charge in [-0.25, -0.2) is 4.98 Å².